The topological polar surface area (TPSA) is 73.3 Å². The summed E-state index contributed by atoms with van der Waals surface area (Å²) >= 11 is 0. The fraction of sp³-hybridized carbons (Fsp3) is 0.667. The monoisotopic (exact) mass is 521 g/mol. The highest BCUT2D eigenvalue weighted by atomic mass is 127. The minimum atomic E-state index is 0. The molecule has 1 heterocycles. The summed E-state index contributed by atoms with van der Waals surface area (Å²) in [5.41, 5.74) is 2.26. The van der Waals surface area contributed by atoms with E-state index in [2.05, 4.69) is 34.7 Å². The van der Waals surface area contributed by atoms with Gasteiger partial charge in [0.2, 0.25) is 0 Å². The van der Waals surface area contributed by atoms with Crippen LogP contribution < -0.4 is 15.4 Å². The molecule has 2 N–H and O–H groups in total. The molecule has 29 heavy (non-hydrogen) atoms. The van der Waals surface area contributed by atoms with Crippen molar-refractivity contribution in [1.29, 1.82) is 0 Å². The van der Waals surface area contributed by atoms with Gasteiger partial charge in [0.25, 0.3) is 0 Å². The summed E-state index contributed by atoms with van der Waals surface area (Å²) in [5.74, 6) is 1.64. The van der Waals surface area contributed by atoms with E-state index in [1.54, 1.807) is 14.2 Å². The van der Waals surface area contributed by atoms with Gasteiger partial charge in [-0.05, 0) is 37.8 Å². The standard InChI is InChI=1S/C21H35N3O4.HI/c1-17-7-8-18(20(14-17)28-13-12-25-3)15-24-21(22-2)23-9-5-10-26-16-19-6-4-11-27-19;/h7-8,14,19H,4-6,9-13,15-16H2,1-3H3,(H2,22,23,24);1H. The van der Waals surface area contributed by atoms with E-state index in [1.807, 2.05) is 6.07 Å². The fourth-order valence-corrected chi connectivity index (χ4v) is 2.95. The van der Waals surface area contributed by atoms with Crippen molar-refractivity contribution in [2.75, 3.05) is 53.7 Å². The molecule has 1 saturated heterocycles. The Morgan fingerprint density at radius 3 is 2.83 bits per heavy atom. The molecule has 0 bridgehead atoms. The molecule has 1 aliphatic rings. The predicted molar refractivity (Wildman–Crippen MR) is 127 cm³/mol. The number of nitrogens with zero attached hydrogens (tertiary/aromatic N) is 1. The lowest BCUT2D eigenvalue weighted by Crippen LogP contribution is -2.37. The molecular weight excluding hydrogens is 485 g/mol. The molecule has 0 aliphatic carbocycles. The largest absolute Gasteiger partial charge is 0.491 e. The van der Waals surface area contributed by atoms with Crippen LogP contribution in [0, 0.1) is 6.92 Å². The maximum atomic E-state index is 5.84. The SMILES string of the molecule is CN=C(NCCCOCC1CCCO1)NCc1ccc(C)cc1OCCOC.I. The first-order chi connectivity index (χ1) is 13.7. The summed E-state index contributed by atoms with van der Waals surface area (Å²) < 4.78 is 22.1. The molecule has 0 saturated carbocycles. The van der Waals surface area contributed by atoms with Gasteiger partial charge in [0.1, 0.15) is 12.4 Å². The second kappa shape index (κ2) is 15.7. The molecule has 1 aromatic rings. The lowest BCUT2D eigenvalue weighted by molar-refractivity contribution is 0.0168. The number of benzene rings is 1. The molecule has 1 aromatic carbocycles. The maximum absolute atomic E-state index is 5.84. The lowest BCUT2D eigenvalue weighted by Gasteiger charge is -2.15. The molecule has 2 rings (SSSR count). The zero-order chi connectivity index (χ0) is 20.0. The van der Waals surface area contributed by atoms with Crippen LogP contribution in [0.1, 0.15) is 30.4 Å². The Kier molecular flexibility index (Phi) is 14.0. The van der Waals surface area contributed by atoms with E-state index in [0.717, 1.165) is 56.3 Å². The molecule has 8 heteroatoms. The summed E-state index contributed by atoms with van der Waals surface area (Å²) in [6.07, 6.45) is 3.48. The summed E-state index contributed by atoms with van der Waals surface area (Å²) in [6, 6.07) is 6.22. The Hall–Kier alpha value is -1.10. The van der Waals surface area contributed by atoms with Crippen molar-refractivity contribution >= 4 is 29.9 Å². The minimum absolute atomic E-state index is 0. The molecular formula is C21H36IN3O4. The number of aliphatic imine (C=N–C) groups is 1. The van der Waals surface area contributed by atoms with Crippen molar-refractivity contribution in [2.24, 2.45) is 4.99 Å². The van der Waals surface area contributed by atoms with E-state index >= 15 is 0 Å². The Labute approximate surface area is 191 Å². The Morgan fingerprint density at radius 1 is 1.24 bits per heavy atom. The highest BCUT2D eigenvalue weighted by molar-refractivity contribution is 14.0. The number of guanidine groups is 1. The first-order valence-electron chi connectivity index (χ1n) is 10.1. The highest BCUT2D eigenvalue weighted by Crippen LogP contribution is 2.20. The van der Waals surface area contributed by atoms with Crippen LogP contribution in [-0.4, -0.2) is 65.8 Å². The fourth-order valence-electron chi connectivity index (χ4n) is 2.95. The third-order valence-electron chi connectivity index (χ3n) is 4.52. The summed E-state index contributed by atoms with van der Waals surface area (Å²) in [5, 5.41) is 6.66. The Bertz CT molecular complexity index is 595. The molecule has 0 amide bonds. The zero-order valence-electron chi connectivity index (χ0n) is 17.9. The van der Waals surface area contributed by atoms with Gasteiger partial charge in [-0.15, -0.1) is 24.0 Å². The molecule has 7 nitrogen and oxygen atoms in total. The normalized spacial score (nSPS) is 16.4. The summed E-state index contributed by atoms with van der Waals surface area (Å²) in [4.78, 5) is 4.28. The number of halogens is 1. The first-order valence-corrected chi connectivity index (χ1v) is 10.1. The van der Waals surface area contributed by atoms with Gasteiger partial charge in [-0.25, -0.2) is 0 Å². The van der Waals surface area contributed by atoms with Crippen molar-refractivity contribution in [3.05, 3.63) is 29.3 Å². The van der Waals surface area contributed by atoms with Crippen LogP contribution >= 0.6 is 24.0 Å². The minimum Gasteiger partial charge on any atom is -0.491 e. The van der Waals surface area contributed by atoms with Crippen molar-refractivity contribution in [3.8, 4) is 5.75 Å². The second-order valence-corrected chi connectivity index (χ2v) is 6.87. The summed E-state index contributed by atoms with van der Waals surface area (Å²) in [6.45, 7) is 6.89. The number of hydrogen-bond acceptors (Lipinski definition) is 5. The van der Waals surface area contributed by atoms with Crippen LogP contribution in [0.3, 0.4) is 0 Å². The van der Waals surface area contributed by atoms with E-state index < -0.39 is 0 Å². The maximum Gasteiger partial charge on any atom is 0.191 e. The van der Waals surface area contributed by atoms with Crippen LogP contribution in [0.5, 0.6) is 5.75 Å². The average Bonchev–Trinajstić information content (AvgIpc) is 3.21. The summed E-state index contributed by atoms with van der Waals surface area (Å²) in [7, 11) is 3.44. The molecule has 1 fully saturated rings. The third-order valence-corrected chi connectivity index (χ3v) is 4.52. The number of methoxy groups -OCH3 is 1. The van der Waals surface area contributed by atoms with Gasteiger partial charge in [0.15, 0.2) is 5.96 Å². The smallest absolute Gasteiger partial charge is 0.191 e. The van der Waals surface area contributed by atoms with Gasteiger partial charge in [-0.1, -0.05) is 12.1 Å². The quantitative estimate of drug-likeness (QED) is 0.191. The highest BCUT2D eigenvalue weighted by Gasteiger charge is 2.14. The van der Waals surface area contributed by atoms with Gasteiger partial charge >= 0.3 is 0 Å². The molecule has 0 aromatic heterocycles. The van der Waals surface area contributed by atoms with Gasteiger partial charge in [-0.2, -0.15) is 0 Å². The number of ether oxygens (including phenoxy) is 4. The third kappa shape index (κ3) is 10.5. The van der Waals surface area contributed by atoms with Crippen molar-refractivity contribution in [2.45, 2.75) is 38.8 Å². The first kappa shape index (κ1) is 25.9. The zero-order valence-corrected chi connectivity index (χ0v) is 20.2. The van der Waals surface area contributed by atoms with E-state index in [9.17, 15) is 0 Å². The number of nitrogens with one attached hydrogen (secondary N) is 2. The Balaban J connectivity index is 0.00000420. The number of aryl methyl sites for hydroxylation is 1. The van der Waals surface area contributed by atoms with Crippen LogP contribution in [-0.2, 0) is 20.8 Å². The van der Waals surface area contributed by atoms with E-state index in [0.29, 0.717) is 26.4 Å². The predicted octanol–water partition coefficient (Wildman–Crippen LogP) is 2.89. The lowest BCUT2D eigenvalue weighted by atomic mass is 10.1. The van der Waals surface area contributed by atoms with E-state index in [1.165, 1.54) is 5.56 Å². The van der Waals surface area contributed by atoms with Gasteiger partial charge in [0, 0.05) is 46.0 Å². The van der Waals surface area contributed by atoms with Crippen molar-refractivity contribution in [3.63, 3.8) is 0 Å². The molecule has 0 spiro atoms. The van der Waals surface area contributed by atoms with Gasteiger partial charge in [0.05, 0.1) is 19.3 Å². The van der Waals surface area contributed by atoms with Crippen molar-refractivity contribution < 1.29 is 18.9 Å². The van der Waals surface area contributed by atoms with E-state index in [4.69, 9.17) is 18.9 Å². The Morgan fingerprint density at radius 2 is 2.10 bits per heavy atom. The molecule has 1 unspecified atom stereocenters. The van der Waals surface area contributed by atoms with Gasteiger partial charge in [-0.3, -0.25) is 4.99 Å². The molecule has 1 atom stereocenters. The van der Waals surface area contributed by atoms with E-state index in [-0.39, 0.29) is 30.1 Å². The van der Waals surface area contributed by atoms with Crippen LogP contribution in [0.25, 0.3) is 0 Å². The average molecular weight is 521 g/mol. The number of rotatable bonds is 12. The molecule has 1 aliphatic heterocycles. The molecule has 166 valence electrons. The number of hydrogen-bond donors (Lipinski definition) is 2. The van der Waals surface area contributed by atoms with Crippen LogP contribution in [0.2, 0.25) is 0 Å². The van der Waals surface area contributed by atoms with Crippen LogP contribution in [0.4, 0.5) is 0 Å². The van der Waals surface area contributed by atoms with Gasteiger partial charge < -0.3 is 29.6 Å². The molecule has 0 radical (unpaired) electrons. The second-order valence-electron chi connectivity index (χ2n) is 6.87. The van der Waals surface area contributed by atoms with Crippen LogP contribution in [0.15, 0.2) is 23.2 Å². The van der Waals surface area contributed by atoms with Crippen molar-refractivity contribution in [1.82, 2.24) is 10.6 Å².